The summed E-state index contributed by atoms with van der Waals surface area (Å²) in [5.41, 5.74) is 1.90. The second-order valence-electron chi connectivity index (χ2n) is 5.04. The van der Waals surface area contributed by atoms with Crippen molar-refractivity contribution in [2.75, 3.05) is 6.54 Å². The number of aliphatic hydroxyl groups is 1. The van der Waals surface area contributed by atoms with Gasteiger partial charge >= 0.3 is 0 Å². The molecule has 1 aliphatic heterocycles. The lowest BCUT2D eigenvalue weighted by molar-refractivity contribution is -0.134. The van der Waals surface area contributed by atoms with Gasteiger partial charge in [-0.3, -0.25) is 9.89 Å². The van der Waals surface area contributed by atoms with Crippen LogP contribution in [0.5, 0.6) is 0 Å². The molecule has 2 N–H and O–H groups in total. The van der Waals surface area contributed by atoms with Gasteiger partial charge in [0.25, 0.3) is 0 Å². The zero-order valence-corrected chi connectivity index (χ0v) is 12.0. The minimum absolute atomic E-state index is 0.0175. The minimum atomic E-state index is -0.626. The number of rotatable bonds is 3. The number of hydrogen-bond donors (Lipinski definition) is 2. The lowest BCUT2D eigenvalue weighted by atomic mass is 9.97. The van der Waals surface area contributed by atoms with Crippen molar-refractivity contribution in [1.29, 1.82) is 0 Å². The zero-order valence-electron chi connectivity index (χ0n) is 11.3. The second-order valence-corrected chi connectivity index (χ2v) is 5.38. The third kappa shape index (κ3) is 3.06. The third-order valence-corrected chi connectivity index (χ3v) is 3.77. The van der Waals surface area contributed by atoms with Crippen LogP contribution in [0.2, 0.25) is 5.28 Å². The van der Waals surface area contributed by atoms with Crippen LogP contribution >= 0.6 is 11.6 Å². The number of carbonyl (C=O) groups excluding carboxylic acids is 1. The number of hydrogen-bond acceptors (Lipinski definition) is 4. The van der Waals surface area contributed by atoms with Crippen LogP contribution in [0.15, 0.2) is 24.3 Å². The number of aromatic nitrogens is 3. The van der Waals surface area contributed by atoms with Crippen molar-refractivity contribution >= 4 is 17.5 Å². The van der Waals surface area contributed by atoms with Crippen LogP contribution in [-0.2, 0) is 17.8 Å². The molecule has 2 heterocycles. The summed E-state index contributed by atoms with van der Waals surface area (Å²) in [6.45, 7) is 0.857. The number of fused-ring (bicyclic) bond motifs is 1. The maximum absolute atomic E-state index is 12.3. The van der Waals surface area contributed by atoms with Crippen molar-refractivity contribution in [2.45, 2.75) is 25.5 Å². The molecule has 1 atom stereocenters. The lowest BCUT2D eigenvalue weighted by Gasteiger charge is -2.32. The Balaban J connectivity index is 1.64. The molecule has 0 aliphatic carbocycles. The molecule has 0 saturated carbocycles. The molecule has 1 aromatic carbocycles. The molecule has 0 bridgehead atoms. The summed E-state index contributed by atoms with van der Waals surface area (Å²) < 4.78 is 0. The van der Waals surface area contributed by atoms with Gasteiger partial charge in [-0.05, 0) is 22.7 Å². The highest BCUT2D eigenvalue weighted by Crippen LogP contribution is 2.26. The van der Waals surface area contributed by atoms with E-state index in [1.165, 1.54) is 0 Å². The van der Waals surface area contributed by atoms with E-state index in [-0.39, 0.29) is 11.2 Å². The Kier molecular flexibility index (Phi) is 3.90. The van der Waals surface area contributed by atoms with E-state index in [0.29, 0.717) is 31.8 Å². The number of nitrogens with zero attached hydrogens (tertiary/aromatic N) is 3. The summed E-state index contributed by atoms with van der Waals surface area (Å²) in [6.07, 6.45) is 0.131. The molecule has 0 radical (unpaired) electrons. The van der Waals surface area contributed by atoms with Gasteiger partial charge in [0.2, 0.25) is 11.2 Å². The number of nitrogens with one attached hydrogen (secondary N) is 1. The van der Waals surface area contributed by atoms with Crippen LogP contribution < -0.4 is 0 Å². The summed E-state index contributed by atoms with van der Waals surface area (Å²) >= 11 is 5.62. The standard InChI is InChI=1S/C14H15ClN4O2/c15-14-16-12(17-18-14)5-6-13(21)19-7-9-3-1-2-4-10(9)11(20)8-19/h1-4,11,20H,5-8H2,(H,16,17,18). The topological polar surface area (TPSA) is 82.1 Å². The number of aryl methyl sites for hydroxylation is 1. The van der Waals surface area contributed by atoms with Crippen molar-refractivity contribution in [3.05, 3.63) is 46.5 Å². The molecule has 1 amide bonds. The molecule has 1 aromatic heterocycles. The Morgan fingerprint density at radius 3 is 3.05 bits per heavy atom. The first-order chi connectivity index (χ1) is 10.1. The Hall–Kier alpha value is -1.92. The third-order valence-electron chi connectivity index (χ3n) is 3.60. The van der Waals surface area contributed by atoms with Gasteiger partial charge in [-0.15, -0.1) is 5.10 Å². The minimum Gasteiger partial charge on any atom is -0.387 e. The molecule has 0 saturated heterocycles. The number of benzene rings is 1. The van der Waals surface area contributed by atoms with E-state index in [9.17, 15) is 9.90 Å². The van der Waals surface area contributed by atoms with Crippen molar-refractivity contribution in [2.24, 2.45) is 0 Å². The van der Waals surface area contributed by atoms with E-state index >= 15 is 0 Å². The van der Waals surface area contributed by atoms with Crippen LogP contribution in [-0.4, -0.2) is 37.6 Å². The second kappa shape index (κ2) is 5.83. The zero-order chi connectivity index (χ0) is 14.8. The van der Waals surface area contributed by atoms with Crippen molar-refractivity contribution in [3.8, 4) is 0 Å². The van der Waals surface area contributed by atoms with E-state index < -0.39 is 6.10 Å². The molecular weight excluding hydrogens is 292 g/mol. The summed E-state index contributed by atoms with van der Waals surface area (Å²) in [5, 5.41) is 16.7. The molecule has 0 fully saturated rings. The number of carbonyl (C=O) groups is 1. The van der Waals surface area contributed by atoms with Crippen LogP contribution in [0.1, 0.15) is 29.5 Å². The van der Waals surface area contributed by atoms with Crippen LogP contribution in [0.4, 0.5) is 0 Å². The first-order valence-electron chi connectivity index (χ1n) is 6.74. The summed E-state index contributed by atoms with van der Waals surface area (Å²) in [7, 11) is 0. The molecule has 2 aromatic rings. The van der Waals surface area contributed by atoms with Gasteiger partial charge in [0.1, 0.15) is 5.82 Å². The SMILES string of the molecule is O=C(CCc1nc(Cl)n[nH]1)N1Cc2ccccc2C(O)C1. The summed E-state index contributed by atoms with van der Waals surface area (Å²) in [6, 6.07) is 7.65. The number of amides is 1. The van der Waals surface area contributed by atoms with E-state index in [4.69, 9.17) is 11.6 Å². The maximum Gasteiger partial charge on any atom is 0.242 e. The Morgan fingerprint density at radius 2 is 2.29 bits per heavy atom. The molecule has 1 unspecified atom stereocenters. The molecule has 0 spiro atoms. The molecule has 6 nitrogen and oxygen atoms in total. The Bertz CT molecular complexity index is 658. The number of halogens is 1. The fraction of sp³-hybridized carbons (Fsp3) is 0.357. The van der Waals surface area contributed by atoms with Gasteiger partial charge in [-0.2, -0.15) is 0 Å². The molecular formula is C14H15ClN4O2. The molecule has 3 rings (SSSR count). The predicted molar refractivity (Wildman–Crippen MR) is 76.5 cm³/mol. The van der Waals surface area contributed by atoms with E-state index in [0.717, 1.165) is 11.1 Å². The van der Waals surface area contributed by atoms with Crippen molar-refractivity contribution < 1.29 is 9.90 Å². The van der Waals surface area contributed by atoms with E-state index in [1.807, 2.05) is 24.3 Å². The van der Waals surface area contributed by atoms with Gasteiger partial charge < -0.3 is 10.0 Å². The quantitative estimate of drug-likeness (QED) is 0.899. The highest BCUT2D eigenvalue weighted by molar-refractivity contribution is 6.28. The van der Waals surface area contributed by atoms with E-state index in [2.05, 4.69) is 15.2 Å². The molecule has 7 heteroatoms. The van der Waals surface area contributed by atoms with Gasteiger partial charge in [-0.25, -0.2) is 4.98 Å². The average molecular weight is 307 g/mol. The Morgan fingerprint density at radius 1 is 1.48 bits per heavy atom. The van der Waals surface area contributed by atoms with Gasteiger partial charge in [0, 0.05) is 19.4 Å². The predicted octanol–water partition coefficient (Wildman–Crippen LogP) is 1.47. The average Bonchev–Trinajstić information content (AvgIpc) is 2.90. The van der Waals surface area contributed by atoms with Gasteiger partial charge in [-0.1, -0.05) is 24.3 Å². The van der Waals surface area contributed by atoms with Crippen LogP contribution in [0, 0.1) is 0 Å². The maximum atomic E-state index is 12.3. The Labute approximate surface area is 126 Å². The monoisotopic (exact) mass is 306 g/mol. The summed E-state index contributed by atoms with van der Waals surface area (Å²) in [4.78, 5) is 17.9. The smallest absolute Gasteiger partial charge is 0.242 e. The fourth-order valence-electron chi connectivity index (χ4n) is 2.54. The van der Waals surface area contributed by atoms with Gasteiger partial charge in [0.05, 0.1) is 12.6 Å². The first-order valence-corrected chi connectivity index (χ1v) is 7.11. The number of aromatic amines is 1. The number of H-pyrrole nitrogens is 1. The van der Waals surface area contributed by atoms with Crippen LogP contribution in [0.3, 0.4) is 0 Å². The van der Waals surface area contributed by atoms with Crippen LogP contribution in [0.25, 0.3) is 0 Å². The number of aliphatic hydroxyl groups excluding tert-OH is 1. The molecule has 21 heavy (non-hydrogen) atoms. The fourth-order valence-corrected chi connectivity index (χ4v) is 2.68. The number of β-amino-alcohol motifs (C(OH)–C–C–N with tert-alkyl or cyclic N) is 1. The normalized spacial score (nSPS) is 17.6. The first kappa shape index (κ1) is 14.0. The highest BCUT2D eigenvalue weighted by atomic mass is 35.5. The highest BCUT2D eigenvalue weighted by Gasteiger charge is 2.26. The van der Waals surface area contributed by atoms with Crippen molar-refractivity contribution in [1.82, 2.24) is 20.1 Å². The lowest BCUT2D eigenvalue weighted by Crippen LogP contribution is -2.38. The van der Waals surface area contributed by atoms with Crippen molar-refractivity contribution in [3.63, 3.8) is 0 Å². The van der Waals surface area contributed by atoms with Gasteiger partial charge in [0.15, 0.2) is 0 Å². The summed E-state index contributed by atoms with van der Waals surface area (Å²) in [5.74, 6) is 0.572. The van der Waals surface area contributed by atoms with E-state index in [1.54, 1.807) is 4.90 Å². The largest absolute Gasteiger partial charge is 0.387 e. The molecule has 1 aliphatic rings. The molecule has 110 valence electrons.